The van der Waals surface area contributed by atoms with Crippen LogP contribution < -0.4 is 5.32 Å². The predicted molar refractivity (Wildman–Crippen MR) is 71.3 cm³/mol. The van der Waals surface area contributed by atoms with Crippen LogP contribution in [0.15, 0.2) is 0 Å². The summed E-state index contributed by atoms with van der Waals surface area (Å²) in [6.45, 7) is 13.4. The Morgan fingerprint density at radius 2 is 1.94 bits per heavy atom. The van der Waals surface area contributed by atoms with Crippen molar-refractivity contribution in [1.82, 2.24) is 5.32 Å². The summed E-state index contributed by atoms with van der Waals surface area (Å²) >= 11 is 0. The Morgan fingerprint density at radius 3 is 2.53 bits per heavy atom. The lowest BCUT2D eigenvalue weighted by Gasteiger charge is -2.25. The third-order valence-corrected chi connectivity index (χ3v) is 3.08. The third-order valence-electron chi connectivity index (χ3n) is 3.08. The molecule has 3 heteroatoms. The highest BCUT2D eigenvalue weighted by Crippen LogP contribution is 2.15. The van der Waals surface area contributed by atoms with Crippen LogP contribution in [0.2, 0.25) is 0 Å². The molecule has 1 N–H and O–H groups in total. The molecule has 1 fully saturated rings. The standard InChI is InChI=1S/C14H29NO2/c1-12(9-15-14(2,3)4)10-17-11-13-5-7-16-8-6-13/h12-13,15H,5-11H2,1-4H3. The van der Waals surface area contributed by atoms with Gasteiger partial charge in [0.2, 0.25) is 0 Å². The first-order valence-corrected chi connectivity index (χ1v) is 6.88. The van der Waals surface area contributed by atoms with Gasteiger partial charge in [0.05, 0.1) is 6.61 Å². The minimum Gasteiger partial charge on any atom is -0.381 e. The first kappa shape index (κ1) is 14.9. The van der Waals surface area contributed by atoms with Crippen molar-refractivity contribution in [3.8, 4) is 0 Å². The van der Waals surface area contributed by atoms with Crippen LogP contribution in [0.4, 0.5) is 0 Å². The van der Waals surface area contributed by atoms with E-state index < -0.39 is 0 Å². The summed E-state index contributed by atoms with van der Waals surface area (Å²) in [5.41, 5.74) is 0.203. The topological polar surface area (TPSA) is 30.5 Å². The molecular weight excluding hydrogens is 214 g/mol. The van der Waals surface area contributed by atoms with Gasteiger partial charge in [-0.05, 0) is 45.4 Å². The van der Waals surface area contributed by atoms with E-state index in [1.54, 1.807) is 0 Å². The van der Waals surface area contributed by atoms with Crippen molar-refractivity contribution in [3.63, 3.8) is 0 Å². The minimum absolute atomic E-state index is 0.203. The lowest BCUT2D eigenvalue weighted by molar-refractivity contribution is 0.0125. The molecule has 17 heavy (non-hydrogen) atoms. The number of ether oxygens (including phenoxy) is 2. The summed E-state index contributed by atoms with van der Waals surface area (Å²) in [7, 11) is 0. The average Bonchev–Trinajstić information content (AvgIpc) is 2.27. The monoisotopic (exact) mass is 243 g/mol. The Kier molecular flexibility index (Phi) is 6.45. The molecule has 0 saturated carbocycles. The van der Waals surface area contributed by atoms with Gasteiger partial charge in [-0.3, -0.25) is 0 Å². The van der Waals surface area contributed by atoms with Crippen LogP contribution in [0.1, 0.15) is 40.5 Å². The van der Waals surface area contributed by atoms with Gasteiger partial charge in [0.25, 0.3) is 0 Å². The smallest absolute Gasteiger partial charge is 0.0503 e. The zero-order valence-corrected chi connectivity index (χ0v) is 11.9. The van der Waals surface area contributed by atoms with Crippen LogP contribution in [0.3, 0.4) is 0 Å². The second-order valence-electron chi connectivity index (χ2n) is 6.33. The van der Waals surface area contributed by atoms with Crippen LogP contribution in [0.25, 0.3) is 0 Å². The number of hydrogen-bond donors (Lipinski definition) is 1. The van der Waals surface area contributed by atoms with Crippen LogP contribution in [-0.2, 0) is 9.47 Å². The quantitative estimate of drug-likeness (QED) is 0.777. The molecule has 0 aliphatic carbocycles. The van der Waals surface area contributed by atoms with Gasteiger partial charge < -0.3 is 14.8 Å². The molecule has 0 aromatic carbocycles. The molecule has 1 unspecified atom stereocenters. The summed E-state index contributed by atoms with van der Waals surface area (Å²) in [5.74, 6) is 1.29. The molecule has 0 spiro atoms. The maximum Gasteiger partial charge on any atom is 0.0503 e. The van der Waals surface area contributed by atoms with E-state index in [0.717, 1.165) is 45.8 Å². The van der Waals surface area contributed by atoms with Crippen LogP contribution in [0, 0.1) is 11.8 Å². The van der Waals surface area contributed by atoms with E-state index in [9.17, 15) is 0 Å². The molecule has 1 saturated heterocycles. The van der Waals surface area contributed by atoms with Gasteiger partial charge in [-0.1, -0.05) is 6.92 Å². The van der Waals surface area contributed by atoms with E-state index in [1.165, 1.54) is 0 Å². The van der Waals surface area contributed by atoms with Crippen LogP contribution >= 0.6 is 0 Å². The van der Waals surface area contributed by atoms with Crippen molar-refractivity contribution >= 4 is 0 Å². The van der Waals surface area contributed by atoms with E-state index in [1.807, 2.05) is 0 Å². The van der Waals surface area contributed by atoms with Crippen molar-refractivity contribution < 1.29 is 9.47 Å². The molecule has 0 bridgehead atoms. The van der Waals surface area contributed by atoms with Gasteiger partial charge in [0.1, 0.15) is 0 Å². The van der Waals surface area contributed by atoms with E-state index in [4.69, 9.17) is 9.47 Å². The summed E-state index contributed by atoms with van der Waals surface area (Å²) in [6.07, 6.45) is 2.32. The highest BCUT2D eigenvalue weighted by molar-refractivity contribution is 4.71. The molecule has 0 aromatic rings. The van der Waals surface area contributed by atoms with Crippen molar-refractivity contribution in [3.05, 3.63) is 0 Å². The van der Waals surface area contributed by atoms with Crippen molar-refractivity contribution in [2.24, 2.45) is 11.8 Å². The van der Waals surface area contributed by atoms with Gasteiger partial charge in [0.15, 0.2) is 0 Å². The molecule has 1 aliphatic heterocycles. The third kappa shape index (κ3) is 7.74. The fraction of sp³-hybridized carbons (Fsp3) is 1.00. The number of rotatable bonds is 6. The molecule has 3 nitrogen and oxygen atoms in total. The van der Waals surface area contributed by atoms with Crippen molar-refractivity contribution in [1.29, 1.82) is 0 Å². The fourth-order valence-corrected chi connectivity index (χ4v) is 1.89. The zero-order valence-electron chi connectivity index (χ0n) is 11.9. The number of hydrogen-bond acceptors (Lipinski definition) is 3. The Morgan fingerprint density at radius 1 is 1.29 bits per heavy atom. The summed E-state index contributed by atoms with van der Waals surface area (Å²) < 4.78 is 11.1. The van der Waals surface area contributed by atoms with E-state index >= 15 is 0 Å². The van der Waals surface area contributed by atoms with Crippen molar-refractivity contribution in [2.45, 2.75) is 46.1 Å². The largest absolute Gasteiger partial charge is 0.381 e. The van der Waals surface area contributed by atoms with Gasteiger partial charge in [-0.15, -0.1) is 0 Å². The van der Waals surface area contributed by atoms with Crippen molar-refractivity contribution in [2.75, 3.05) is 33.0 Å². The Labute approximate surface area is 106 Å². The van der Waals surface area contributed by atoms with E-state index in [0.29, 0.717) is 11.8 Å². The fourth-order valence-electron chi connectivity index (χ4n) is 1.89. The molecule has 0 amide bonds. The lowest BCUT2D eigenvalue weighted by Crippen LogP contribution is -2.39. The lowest BCUT2D eigenvalue weighted by atomic mass is 10.0. The molecule has 1 heterocycles. The SMILES string of the molecule is CC(CNC(C)(C)C)COCC1CCOCC1. The Bertz CT molecular complexity index is 195. The molecule has 1 atom stereocenters. The first-order valence-electron chi connectivity index (χ1n) is 6.88. The summed E-state index contributed by atoms with van der Waals surface area (Å²) in [4.78, 5) is 0. The number of nitrogens with one attached hydrogen (secondary N) is 1. The maximum absolute atomic E-state index is 5.80. The second kappa shape index (κ2) is 7.34. The highest BCUT2D eigenvalue weighted by atomic mass is 16.5. The van der Waals surface area contributed by atoms with Gasteiger partial charge in [-0.2, -0.15) is 0 Å². The van der Waals surface area contributed by atoms with Gasteiger partial charge >= 0.3 is 0 Å². The highest BCUT2D eigenvalue weighted by Gasteiger charge is 2.15. The molecule has 102 valence electrons. The molecular formula is C14H29NO2. The zero-order chi connectivity index (χ0) is 12.7. The van der Waals surface area contributed by atoms with Gasteiger partial charge in [0, 0.05) is 31.9 Å². The summed E-state index contributed by atoms with van der Waals surface area (Å²) in [6, 6.07) is 0. The molecule has 0 aromatic heterocycles. The molecule has 1 aliphatic rings. The maximum atomic E-state index is 5.80. The van der Waals surface area contributed by atoms with E-state index in [-0.39, 0.29) is 5.54 Å². The molecule has 1 rings (SSSR count). The Hall–Kier alpha value is -0.120. The van der Waals surface area contributed by atoms with Crippen LogP contribution in [-0.4, -0.2) is 38.5 Å². The van der Waals surface area contributed by atoms with Gasteiger partial charge in [-0.25, -0.2) is 0 Å². The van der Waals surface area contributed by atoms with Crippen LogP contribution in [0.5, 0.6) is 0 Å². The minimum atomic E-state index is 0.203. The Balaban J connectivity index is 2.01. The second-order valence-corrected chi connectivity index (χ2v) is 6.33. The first-order chi connectivity index (χ1) is 7.97. The average molecular weight is 243 g/mol. The van der Waals surface area contributed by atoms with E-state index in [2.05, 4.69) is 33.0 Å². The predicted octanol–water partition coefficient (Wildman–Crippen LogP) is 2.45. The normalized spacial score (nSPS) is 20.5. The summed E-state index contributed by atoms with van der Waals surface area (Å²) in [5, 5.41) is 3.51. The molecule has 0 radical (unpaired) electrons.